The third kappa shape index (κ3) is 3.45. The summed E-state index contributed by atoms with van der Waals surface area (Å²) < 4.78 is 1.10. The van der Waals surface area contributed by atoms with Crippen LogP contribution in [0, 0.1) is 0 Å². The van der Waals surface area contributed by atoms with E-state index in [9.17, 15) is 0 Å². The van der Waals surface area contributed by atoms with E-state index in [0.717, 1.165) is 24.1 Å². The van der Waals surface area contributed by atoms with Crippen LogP contribution < -0.4 is 10.2 Å². The SMILES string of the molecule is CCCNCC1CCCCN1c1ccncc1Br. The van der Waals surface area contributed by atoms with Crippen molar-refractivity contribution >= 4 is 21.6 Å². The van der Waals surface area contributed by atoms with Crippen LogP contribution in [0.4, 0.5) is 5.69 Å². The van der Waals surface area contributed by atoms with E-state index >= 15 is 0 Å². The van der Waals surface area contributed by atoms with Gasteiger partial charge in [-0.15, -0.1) is 0 Å². The van der Waals surface area contributed by atoms with E-state index in [2.05, 4.69) is 44.1 Å². The standard InChI is InChI=1S/C14H22BrN3/c1-2-7-16-10-12-5-3-4-9-18(12)14-6-8-17-11-13(14)15/h6,8,11-12,16H,2-5,7,9-10H2,1H3. The smallest absolute Gasteiger partial charge is 0.0592 e. The Balaban J connectivity index is 2.05. The summed E-state index contributed by atoms with van der Waals surface area (Å²) in [5, 5.41) is 3.55. The quantitative estimate of drug-likeness (QED) is 0.846. The number of anilines is 1. The average molecular weight is 312 g/mol. The van der Waals surface area contributed by atoms with Gasteiger partial charge in [0.15, 0.2) is 0 Å². The van der Waals surface area contributed by atoms with Gasteiger partial charge in [-0.1, -0.05) is 6.92 Å². The van der Waals surface area contributed by atoms with Gasteiger partial charge in [-0.25, -0.2) is 0 Å². The molecule has 1 aliphatic heterocycles. The van der Waals surface area contributed by atoms with Gasteiger partial charge in [-0.3, -0.25) is 4.98 Å². The number of piperidine rings is 1. The lowest BCUT2D eigenvalue weighted by atomic mass is 10.0. The van der Waals surface area contributed by atoms with Crippen LogP contribution in [0.1, 0.15) is 32.6 Å². The number of rotatable bonds is 5. The first-order valence-electron chi connectivity index (χ1n) is 6.89. The Morgan fingerprint density at radius 2 is 2.39 bits per heavy atom. The number of halogens is 1. The van der Waals surface area contributed by atoms with Gasteiger partial charge in [0.2, 0.25) is 0 Å². The van der Waals surface area contributed by atoms with Crippen LogP contribution in [0.15, 0.2) is 22.9 Å². The lowest BCUT2D eigenvalue weighted by Gasteiger charge is -2.38. The third-order valence-corrected chi connectivity index (χ3v) is 4.11. The van der Waals surface area contributed by atoms with Gasteiger partial charge in [0, 0.05) is 31.5 Å². The normalized spacial score (nSPS) is 20.1. The zero-order valence-corrected chi connectivity index (χ0v) is 12.6. The topological polar surface area (TPSA) is 28.2 Å². The van der Waals surface area contributed by atoms with Crippen LogP contribution in [0.3, 0.4) is 0 Å². The highest BCUT2D eigenvalue weighted by atomic mass is 79.9. The number of hydrogen-bond acceptors (Lipinski definition) is 3. The van der Waals surface area contributed by atoms with Crippen molar-refractivity contribution in [2.24, 2.45) is 0 Å². The lowest BCUT2D eigenvalue weighted by molar-refractivity contribution is 0.435. The van der Waals surface area contributed by atoms with Gasteiger partial charge in [0.1, 0.15) is 0 Å². The molecule has 1 aliphatic rings. The number of pyridine rings is 1. The zero-order chi connectivity index (χ0) is 12.8. The van der Waals surface area contributed by atoms with Crippen LogP contribution in [0.25, 0.3) is 0 Å². The van der Waals surface area contributed by atoms with Gasteiger partial charge < -0.3 is 10.2 Å². The molecule has 0 aliphatic carbocycles. The Morgan fingerprint density at radius 1 is 1.50 bits per heavy atom. The van der Waals surface area contributed by atoms with Crippen LogP contribution in [-0.4, -0.2) is 30.7 Å². The molecule has 2 heterocycles. The van der Waals surface area contributed by atoms with E-state index in [1.165, 1.54) is 31.4 Å². The van der Waals surface area contributed by atoms with E-state index in [0.29, 0.717) is 6.04 Å². The maximum absolute atomic E-state index is 4.15. The number of aromatic nitrogens is 1. The first-order valence-corrected chi connectivity index (χ1v) is 7.69. The van der Waals surface area contributed by atoms with Crippen LogP contribution >= 0.6 is 15.9 Å². The molecule has 1 atom stereocenters. The highest BCUT2D eigenvalue weighted by molar-refractivity contribution is 9.10. The number of nitrogens with zero attached hydrogens (tertiary/aromatic N) is 2. The van der Waals surface area contributed by atoms with Crippen molar-refractivity contribution in [1.82, 2.24) is 10.3 Å². The maximum atomic E-state index is 4.15. The summed E-state index contributed by atoms with van der Waals surface area (Å²) in [5.74, 6) is 0. The van der Waals surface area contributed by atoms with E-state index in [4.69, 9.17) is 0 Å². The zero-order valence-electron chi connectivity index (χ0n) is 11.0. The molecule has 18 heavy (non-hydrogen) atoms. The molecule has 100 valence electrons. The molecule has 1 aromatic rings. The van der Waals surface area contributed by atoms with Crippen LogP contribution in [0.2, 0.25) is 0 Å². The predicted octanol–water partition coefficient (Wildman–Crippen LogP) is 3.20. The Kier molecular flexibility index (Phi) is 5.45. The first-order chi connectivity index (χ1) is 8.83. The molecule has 0 aromatic carbocycles. The second kappa shape index (κ2) is 7.10. The van der Waals surface area contributed by atoms with Crippen molar-refractivity contribution in [1.29, 1.82) is 0 Å². The predicted molar refractivity (Wildman–Crippen MR) is 80.1 cm³/mol. The lowest BCUT2D eigenvalue weighted by Crippen LogP contribution is -2.46. The molecule has 4 heteroatoms. The minimum atomic E-state index is 0.615. The molecule has 0 amide bonds. The van der Waals surface area contributed by atoms with Crippen molar-refractivity contribution in [2.75, 3.05) is 24.5 Å². The summed E-state index contributed by atoms with van der Waals surface area (Å²) in [4.78, 5) is 6.68. The molecule has 0 bridgehead atoms. The van der Waals surface area contributed by atoms with Crippen LogP contribution in [-0.2, 0) is 0 Å². The van der Waals surface area contributed by atoms with Gasteiger partial charge >= 0.3 is 0 Å². The second-order valence-corrected chi connectivity index (χ2v) is 5.73. The van der Waals surface area contributed by atoms with Gasteiger partial charge in [-0.2, -0.15) is 0 Å². The van der Waals surface area contributed by atoms with Gasteiger partial charge in [0.25, 0.3) is 0 Å². The molecular formula is C14H22BrN3. The van der Waals surface area contributed by atoms with E-state index in [-0.39, 0.29) is 0 Å². The second-order valence-electron chi connectivity index (χ2n) is 4.87. The number of nitrogens with one attached hydrogen (secondary N) is 1. The molecule has 1 fully saturated rings. The fourth-order valence-corrected chi connectivity index (χ4v) is 3.05. The number of hydrogen-bond donors (Lipinski definition) is 1. The highest BCUT2D eigenvalue weighted by Crippen LogP contribution is 2.30. The first kappa shape index (κ1) is 13.8. The van der Waals surface area contributed by atoms with Crippen molar-refractivity contribution < 1.29 is 0 Å². The third-order valence-electron chi connectivity index (χ3n) is 3.49. The molecule has 1 aromatic heterocycles. The average Bonchev–Trinajstić information content (AvgIpc) is 2.40. The van der Waals surface area contributed by atoms with Crippen molar-refractivity contribution in [3.63, 3.8) is 0 Å². The molecule has 1 N–H and O–H groups in total. The summed E-state index contributed by atoms with van der Waals surface area (Å²) >= 11 is 3.62. The summed E-state index contributed by atoms with van der Waals surface area (Å²) in [7, 11) is 0. The van der Waals surface area contributed by atoms with E-state index in [1.807, 2.05) is 12.4 Å². The molecule has 1 saturated heterocycles. The molecular weight excluding hydrogens is 290 g/mol. The Morgan fingerprint density at radius 3 is 3.17 bits per heavy atom. The van der Waals surface area contributed by atoms with Crippen molar-refractivity contribution in [3.05, 3.63) is 22.9 Å². The summed E-state index contributed by atoms with van der Waals surface area (Å²) in [6, 6.07) is 2.73. The fourth-order valence-electron chi connectivity index (χ4n) is 2.58. The van der Waals surface area contributed by atoms with Gasteiger partial charge in [-0.05, 0) is 54.2 Å². The van der Waals surface area contributed by atoms with E-state index < -0.39 is 0 Å². The summed E-state index contributed by atoms with van der Waals surface area (Å²) in [5.41, 5.74) is 1.29. The molecule has 0 saturated carbocycles. The van der Waals surface area contributed by atoms with Crippen molar-refractivity contribution in [2.45, 2.75) is 38.6 Å². The molecule has 1 unspecified atom stereocenters. The highest BCUT2D eigenvalue weighted by Gasteiger charge is 2.23. The van der Waals surface area contributed by atoms with Gasteiger partial charge in [0.05, 0.1) is 10.2 Å². The minimum Gasteiger partial charge on any atom is -0.366 e. The Labute approximate surface area is 118 Å². The molecule has 2 rings (SSSR count). The maximum Gasteiger partial charge on any atom is 0.0592 e. The fraction of sp³-hybridized carbons (Fsp3) is 0.643. The van der Waals surface area contributed by atoms with Crippen LogP contribution in [0.5, 0.6) is 0 Å². The summed E-state index contributed by atoms with van der Waals surface area (Å²) in [6.45, 7) is 5.57. The molecule has 3 nitrogen and oxygen atoms in total. The largest absolute Gasteiger partial charge is 0.366 e. The minimum absolute atomic E-state index is 0.615. The Bertz CT molecular complexity index is 370. The summed E-state index contributed by atoms with van der Waals surface area (Å²) in [6.07, 6.45) is 8.89. The van der Waals surface area contributed by atoms with E-state index in [1.54, 1.807) is 0 Å². The van der Waals surface area contributed by atoms with Crippen molar-refractivity contribution in [3.8, 4) is 0 Å². The Hall–Kier alpha value is -0.610. The molecule has 0 radical (unpaired) electrons. The molecule has 0 spiro atoms. The monoisotopic (exact) mass is 311 g/mol.